The molecule has 2 aromatic rings. The first-order chi connectivity index (χ1) is 12.8. The molecule has 1 aliphatic carbocycles. The topological polar surface area (TPSA) is 71.8 Å². The standard InChI is InChI=1S/C21H23ClN2O3/c1-5-27-20(25)17-12(2)23-15-10-21(3,4)11-16(24-26)19(15)18(17)13-6-8-14(22)9-7-13/h6-9,26H,5,10-11H2,1-4H3/b24-16+. The van der Waals surface area contributed by atoms with E-state index in [1.54, 1.807) is 19.1 Å². The molecular formula is C21H23ClN2O3. The van der Waals surface area contributed by atoms with Crippen LogP contribution >= 0.6 is 11.6 Å². The number of oxime groups is 1. The third-order valence-corrected chi connectivity index (χ3v) is 5.02. The second kappa shape index (κ2) is 7.31. The van der Waals surface area contributed by atoms with Crippen molar-refractivity contribution in [3.05, 3.63) is 51.8 Å². The third-order valence-electron chi connectivity index (χ3n) is 4.77. The predicted molar refractivity (Wildman–Crippen MR) is 106 cm³/mol. The van der Waals surface area contributed by atoms with Crippen LogP contribution in [0, 0.1) is 12.3 Å². The number of hydrogen-bond acceptors (Lipinski definition) is 5. The number of aryl methyl sites for hydroxylation is 1. The Balaban J connectivity index is 2.37. The van der Waals surface area contributed by atoms with E-state index in [1.165, 1.54) is 0 Å². The molecule has 0 fully saturated rings. The lowest BCUT2D eigenvalue weighted by molar-refractivity contribution is 0.0526. The van der Waals surface area contributed by atoms with Crippen molar-refractivity contribution >= 4 is 23.3 Å². The molecule has 0 aliphatic heterocycles. The van der Waals surface area contributed by atoms with Crippen LogP contribution in [0.15, 0.2) is 29.4 Å². The first-order valence-corrected chi connectivity index (χ1v) is 9.33. The van der Waals surface area contributed by atoms with Gasteiger partial charge in [-0.1, -0.05) is 42.7 Å². The normalized spacial score (nSPS) is 16.9. The highest BCUT2D eigenvalue weighted by molar-refractivity contribution is 6.30. The molecule has 5 nitrogen and oxygen atoms in total. The van der Waals surface area contributed by atoms with Crippen molar-refractivity contribution in [3.63, 3.8) is 0 Å². The number of pyridine rings is 1. The Kier molecular flexibility index (Phi) is 5.24. The van der Waals surface area contributed by atoms with Crippen LogP contribution in [0.5, 0.6) is 0 Å². The summed E-state index contributed by atoms with van der Waals surface area (Å²) in [6, 6.07) is 7.26. The molecule has 1 N–H and O–H groups in total. The lowest BCUT2D eigenvalue weighted by Gasteiger charge is -2.33. The van der Waals surface area contributed by atoms with E-state index in [9.17, 15) is 10.0 Å². The molecule has 0 saturated carbocycles. The molecule has 0 amide bonds. The van der Waals surface area contributed by atoms with Crippen LogP contribution in [0.25, 0.3) is 11.1 Å². The monoisotopic (exact) mass is 386 g/mol. The Bertz CT molecular complexity index is 918. The van der Waals surface area contributed by atoms with E-state index >= 15 is 0 Å². The molecule has 0 spiro atoms. The van der Waals surface area contributed by atoms with Gasteiger partial charge in [-0.05, 0) is 49.8 Å². The highest BCUT2D eigenvalue weighted by Gasteiger charge is 2.36. The fourth-order valence-corrected chi connectivity index (χ4v) is 3.83. The second-order valence-corrected chi connectivity index (χ2v) is 8.00. The Hall–Kier alpha value is -2.40. The van der Waals surface area contributed by atoms with E-state index < -0.39 is 5.97 Å². The minimum Gasteiger partial charge on any atom is -0.462 e. The summed E-state index contributed by atoms with van der Waals surface area (Å²) >= 11 is 6.05. The van der Waals surface area contributed by atoms with E-state index in [2.05, 4.69) is 19.0 Å². The third kappa shape index (κ3) is 3.69. The van der Waals surface area contributed by atoms with Gasteiger partial charge in [0, 0.05) is 16.1 Å². The van der Waals surface area contributed by atoms with E-state index in [4.69, 9.17) is 21.3 Å². The smallest absolute Gasteiger partial charge is 0.340 e. The van der Waals surface area contributed by atoms with E-state index in [0.29, 0.717) is 39.5 Å². The summed E-state index contributed by atoms with van der Waals surface area (Å²) in [6.45, 7) is 8.07. The van der Waals surface area contributed by atoms with E-state index in [1.807, 2.05) is 19.1 Å². The molecular weight excluding hydrogens is 364 g/mol. The fourth-order valence-electron chi connectivity index (χ4n) is 3.70. The SMILES string of the molecule is CCOC(=O)c1c(C)nc2c(c1-c1ccc(Cl)cc1)/C(=N/O)CC(C)(C)C2. The molecule has 0 atom stereocenters. The minimum atomic E-state index is -0.433. The fraction of sp³-hybridized carbons (Fsp3) is 0.381. The molecule has 27 heavy (non-hydrogen) atoms. The number of benzene rings is 1. The van der Waals surface area contributed by atoms with Gasteiger partial charge in [-0.2, -0.15) is 0 Å². The van der Waals surface area contributed by atoms with Gasteiger partial charge in [-0.15, -0.1) is 0 Å². The summed E-state index contributed by atoms with van der Waals surface area (Å²) in [5, 5.41) is 13.9. The maximum atomic E-state index is 12.7. The van der Waals surface area contributed by atoms with Crippen LogP contribution in [0.1, 0.15) is 54.5 Å². The minimum absolute atomic E-state index is 0.0866. The number of carbonyl (C=O) groups excluding carboxylic acids is 1. The Morgan fingerprint density at radius 3 is 2.52 bits per heavy atom. The van der Waals surface area contributed by atoms with Crippen molar-refractivity contribution in [2.75, 3.05) is 6.61 Å². The van der Waals surface area contributed by atoms with Crippen molar-refractivity contribution < 1.29 is 14.7 Å². The molecule has 1 heterocycles. The predicted octanol–water partition coefficient (Wildman–Crippen LogP) is 5.04. The van der Waals surface area contributed by atoms with Crippen LogP contribution in [0.2, 0.25) is 5.02 Å². The molecule has 0 saturated heterocycles. The zero-order valence-electron chi connectivity index (χ0n) is 16.0. The Morgan fingerprint density at radius 2 is 1.93 bits per heavy atom. The highest BCUT2D eigenvalue weighted by Crippen LogP contribution is 2.41. The van der Waals surface area contributed by atoms with Crippen molar-refractivity contribution in [2.45, 2.75) is 40.5 Å². The van der Waals surface area contributed by atoms with Gasteiger partial charge >= 0.3 is 5.97 Å². The molecule has 0 unspecified atom stereocenters. The molecule has 0 radical (unpaired) electrons. The largest absolute Gasteiger partial charge is 0.462 e. The number of ether oxygens (including phenoxy) is 1. The summed E-state index contributed by atoms with van der Waals surface area (Å²) in [5.74, 6) is -0.433. The quantitative estimate of drug-likeness (QED) is 0.455. The van der Waals surface area contributed by atoms with E-state index in [-0.39, 0.29) is 12.0 Å². The first-order valence-electron chi connectivity index (χ1n) is 8.95. The molecule has 3 rings (SSSR count). The van der Waals surface area contributed by atoms with Crippen LogP contribution < -0.4 is 0 Å². The zero-order chi connectivity index (χ0) is 19.8. The Morgan fingerprint density at radius 1 is 1.26 bits per heavy atom. The van der Waals surface area contributed by atoms with Gasteiger partial charge in [0.25, 0.3) is 0 Å². The van der Waals surface area contributed by atoms with Gasteiger partial charge in [-0.25, -0.2) is 4.79 Å². The van der Waals surface area contributed by atoms with Crippen molar-refractivity contribution in [1.29, 1.82) is 0 Å². The van der Waals surface area contributed by atoms with Crippen molar-refractivity contribution in [2.24, 2.45) is 10.6 Å². The van der Waals surface area contributed by atoms with Gasteiger partial charge in [0.2, 0.25) is 0 Å². The number of aromatic nitrogens is 1. The van der Waals surface area contributed by atoms with Crippen molar-refractivity contribution in [1.82, 2.24) is 4.98 Å². The lowest BCUT2D eigenvalue weighted by atomic mass is 9.73. The maximum absolute atomic E-state index is 12.7. The average Bonchev–Trinajstić information content (AvgIpc) is 2.59. The molecule has 6 heteroatoms. The van der Waals surface area contributed by atoms with Crippen molar-refractivity contribution in [3.8, 4) is 11.1 Å². The van der Waals surface area contributed by atoms with Gasteiger partial charge in [-0.3, -0.25) is 4.98 Å². The lowest BCUT2D eigenvalue weighted by Crippen LogP contribution is -2.30. The number of esters is 1. The van der Waals surface area contributed by atoms with E-state index in [0.717, 1.165) is 17.7 Å². The van der Waals surface area contributed by atoms with Gasteiger partial charge in [0.1, 0.15) is 0 Å². The zero-order valence-corrected chi connectivity index (χ0v) is 16.7. The molecule has 1 aliphatic rings. The summed E-state index contributed by atoms with van der Waals surface area (Å²) < 4.78 is 5.29. The summed E-state index contributed by atoms with van der Waals surface area (Å²) in [5.41, 5.74) is 4.50. The van der Waals surface area contributed by atoms with Gasteiger partial charge < -0.3 is 9.94 Å². The summed E-state index contributed by atoms with van der Waals surface area (Å²) in [4.78, 5) is 17.4. The van der Waals surface area contributed by atoms with Crippen LogP contribution in [-0.2, 0) is 11.2 Å². The van der Waals surface area contributed by atoms with Crippen LogP contribution in [0.3, 0.4) is 0 Å². The molecule has 142 valence electrons. The number of halogens is 1. The summed E-state index contributed by atoms with van der Waals surface area (Å²) in [6.07, 6.45) is 1.32. The first kappa shape index (κ1) is 19.4. The number of fused-ring (bicyclic) bond motifs is 1. The number of hydrogen-bond donors (Lipinski definition) is 1. The van der Waals surface area contributed by atoms with Crippen LogP contribution in [0.4, 0.5) is 0 Å². The molecule has 1 aromatic carbocycles. The molecule has 0 bridgehead atoms. The van der Waals surface area contributed by atoms with Gasteiger partial charge in [0.15, 0.2) is 0 Å². The second-order valence-electron chi connectivity index (χ2n) is 7.56. The number of rotatable bonds is 3. The average molecular weight is 387 g/mol. The highest BCUT2D eigenvalue weighted by atomic mass is 35.5. The number of nitrogens with zero attached hydrogens (tertiary/aromatic N) is 2. The van der Waals surface area contributed by atoms with Gasteiger partial charge in [0.05, 0.1) is 29.3 Å². The Labute approximate surface area is 164 Å². The molecule has 1 aromatic heterocycles. The van der Waals surface area contributed by atoms with Crippen LogP contribution in [-0.4, -0.2) is 28.5 Å². The maximum Gasteiger partial charge on any atom is 0.340 e. The summed E-state index contributed by atoms with van der Waals surface area (Å²) in [7, 11) is 0. The number of carbonyl (C=O) groups is 1.